The summed E-state index contributed by atoms with van der Waals surface area (Å²) in [5, 5.41) is 9.03. The maximum atomic E-state index is 12.6. The van der Waals surface area contributed by atoms with E-state index in [0.717, 1.165) is 4.31 Å². The van der Waals surface area contributed by atoms with Gasteiger partial charge in [-0.2, -0.15) is 4.31 Å². The average Bonchev–Trinajstić information content (AvgIpc) is 2.36. The molecular formula is C12H17ClN2O5S. The van der Waals surface area contributed by atoms with Gasteiger partial charge in [-0.25, -0.2) is 13.4 Å². The summed E-state index contributed by atoms with van der Waals surface area (Å²) in [5.74, 6) is -1.41. The first kappa shape index (κ1) is 17.7. The van der Waals surface area contributed by atoms with Crippen molar-refractivity contribution in [3.63, 3.8) is 0 Å². The van der Waals surface area contributed by atoms with E-state index in [1.54, 1.807) is 13.8 Å². The second kappa shape index (κ2) is 7.06. The molecule has 1 N–H and O–H groups in total. The Bertz CT molecular complexity index is 618. The van der Waals surface area contributed by atoms with Gasteiger partial charge in [-0.15, -0.1) is 0 Å². The zero-order chi connectivity index (χ0) is 16.2. The number of aromatic nitrogens is 1. The molecule has 1 heterocycles. The van der Waals surface area contributed by atoms with Gasteiger partial charge in [0, 0.05) is 12.7 Å². The maximum Gasteiger partial charge on any atom is 0.318 e. The van der Waals surface area contributed by atoms with Crippen LogP contribution in [0.25, 0.3) is 0 Å². The van der Waals surface area contributed by atoms with Gasteiger partial charge in [0.05, 0.1) is 12.1 Å². The van der Waals surface area contributed by atoms with Crippen LogP contribution in [-0.4, -0.2) is 49.0 Å². The van der Waals surface area contributed by atoms with E-state index in [9.17, 15) is 13.2 Å². The van der Waals surface area contributed by atoms with Gasteiger partial charge in [-0.3, -0.25) is 4.79 Å². The normalized spacial score (nSPS) is 11.9. The predicted octanol–water partition coefficient (Wildman–Crippen LogP) is 1.47. The highest BCUT2D eigenvalue weighted by atomic mass is 35.5. The lowest BCUT2D eigenvalue weighted by molar-refractivity contribution is -0.137. The van der Waals surface area contributed by atoms with E-state index in [0.29, 0.717) is 0 Å². The smallest absolute Gasteiger partial charge is 0.318 e. The van der Waals surface area contributed by atoms with E-state index in [1.807, 2.05) is 0 Å². The monoisotopic (exact) mass is 336 g/mol. The van der Waals surface area contributed by atoms with Gasteiger partial charge >= 0.3 is 5.97 Å². The Morgan fingerprint density at radius 2 is 2.14 bits per heavy atom. The van der Waals surface area contributed by atoms with Gasteiger partial charge < -0.3 is 9.84 Å². The standard InChI is InChI=1S/C12H17ClN2O5S/c1-8(2)6-15(7-11(16)17)21(18,19)10-4-9(13)5-14-12(10)20-3/h4-5,8H,6-7H2,1-3H3,(H,16,17). The number of carboxylic acids is 1. The van der Waals surface area contributed by atoms with Crippen molar-refractivity contribution >= 4 is 27.6 Å². The molecule has 0 unspecified atom stereocenters. The molecule has 0 radical (unpaired) electrons. The molecule has 1 rings (SSSR count). The van der Waals surface area contributed by atoms with Gasteiger partial charge in [-0.1, -0.05) is 25.4 Å². The number of ether oxygens (including phenoxy) is 1. The van der Waals surface area contributed by atoms with Crippen LogP contribution in [-0.2, 0) is 14.8 Å². The SMILES string of the molecule is COc1ncc(Cl)cc1S(=O)(=O)N(CC(=O)O)CC(C)C. The largest absolute Gasteiger partial charge is 0.480 e. The Kier molecular flexibility index (Phi) is 5.94. The molecule has 0 aliphatic rings. The molecule has 21 heavy (non-hydrogen) atoms. The lowest BCUT2D eigenvalue weighted by atomic mass is 10.2. The zero-order valence-electron chi connectivity index (χ0n) is 11.9. The topological polar surface area (TPSA) is 96.8 Å². The van der Waals surface area contributed by atoms with Gasteiger partial charge in [-0.05, 0) is 12.0 Å². The molecule has 1 aromatic heterocycles. The molecule has 0 spiro atoms. The first-order valence-electron chi connectivity index (χ1n) is 6.10. The van der Waals surface area contributed by atoms with E-state index >= 15 is 0 Å². The molecule has 0 saturated carbocycles. The number of pyridine rings is 1. The molecule has 9 heteroatoms. The number of hydrogen-bond acceptors (Lipinski definition) is 5. The van der Waals surface area contributed by atoms with Crippen LogP contribution in [0.4, 0.5) is 0 Å². The number of rotatable bonds is 7. The molecule has 0 aromatic carbocycles. The van der Waals surface area contributed by atoms with Crippen LogP contribution in [0.5, 0.6) is 5.88 Å². The number of nitrogens with zero attached hydrogens (tertiary/aromatic N) is 2. The van der Waals surface area contributed by atoms with Crippen molar-refractivity contribution in [3.05, 3.63) is 17.3 Å². The fourth-order valence-electron chi connectivity index (χ4n) is 1.69. The lowest BCUT2D eigenvalue weighted by Gasteiger charge is -2.22. The van der Waals surface area contributed by atoms with Crippen molar-refractivity contribution in [2.45, 2.75) is 18.7 Å². The van der Waals surface area contributed by atoms with Gasteiger partial charge in [0.1, 0.15) is 11.4 Å². The summed E-state index contributed by atoms with van der Waals surface area (Å²) in [5.41, 5.74) is 0. The third kappa shape index (κ3) is 4.55. The van der Waals surface area contributed by atoms with Crippen LogP contribution in [0.15, 0.2) is 17.2 Å². The zero-order valence-corrected chi connectivity index (χ0v) is 13.5. The van der Waals surface area contributed by atoms with E-state index in [4.69, 9.17) is 21.4 Å². The summed E-state index contributed by atoms with van der Waals surface area (Å²) in [6.45, 7) is 3.00. The van der Waals surface area contributed by atoms with Gasteiger partial charge in [0.25, 0.3) is 0 Å². The fraction of sp³-hybridized carbons (Fsp3) is 0.500. The molecule has 0 saturated heterocycles. The molecule has 0 fully saturated rings. The second-order valence-corrected chi connectivity index (χ2v) is 7.09. The summed E-state index contributed by atoms with van der Waals surface area (Å²) in [6, 6.07) is 1.19. The van der Waals surface area contributed by atoms with Crippen LogP contribution < -0.4 is 4.74 Å². The number of hydrogen-bond donors (Lipinski definition) is 1. The van der Waals surface area contributed by atoms with Crippen LogP contribution in [0.1, 0.15) is 13.8 Å². The predicted molar refractivity (Wildman–Crippen MR) is 77.0 cm³/mol. The maximum absolute atomic E-state index is 12.6. The fourth-order valence-corrected chi connectivity index (χ4v) is 3.60. The van der Waals surface area contributed by atoms with Crippen LogP contribution in [0.2, 0.25) is 5.02 Å². The molecule has 1 aromatic rings. The third-order valence-electron chi connectivity index (χ3n) is 2.48. The van der Waals surface area contributed by atoms with Gasteiger partial charge in [0.15, 0.2) is 0 Å². The molecule has 0 aliphatic carbocycles. The Morgan fingerprint density at radius 3 is 2.62 bits per heavy atom. The molecule has 0 atom stereocenters. The highest BCUT2D eigenvalue weighted by Crippen LogP contribution is 2.27. The van der Waals surface area contributed by atoms with Crippen molar-refractivity contribution in [2.75, 3.05) is 20.2 Å². The number of aliphatic carboxylic acids is 1. The molecule has 0 amide bonds. The molecule has 118 valence electrons. The van der Waals surface area contributed by atoms with Crippen molar-refractivity contribution < 1.29 is 23.1 Å². The number of carbonyl (C=O) groups is 1. The van der Waals surface area contributed by atoms with Crippen molar-refractivity contribution in [1.29, 1.82) is 0 Å². The molecular weight excluding hydrogens is 320 g/mol. The summed E-state index contributed by atoms with van der Waals surface area (Å²) in [6.07, 6.45) is 1.25. The van der Waals surface area contributed by atoms with E-state index < -0.39 is 22.5 Å². The van der Waals surface area contributed by atoms with Crippen LogP contribution in [0.3, 0.4) is 0 Å². The number of carboxylic acid groups (broad SMARTS) is 1. The van der Waals surface area contributed by atoms with Gasteiger partial charge in [0.2, 0.25) is 15.9 Å². The van der Waals surface area contributed by atoms with Crippen molar-refractivity contribution in [2.24, 2.45) is 5.92 Å². The minimum atomic E-state index is -4.08. The minimum absolute atomic E-state index is 0.0442. The Balaban J connectivity index is 3.34. The van der Waals surface area contributed by atoms with Crippen molar-refractivity contribution in [1.82, 2.24) is 9.29 Å². The molecule has 0 bridgehead atoms. The Morgan fingerprint density at radius 1 is 1.52 bits per heavy atom. The highest BCUT2D eigenvalue weighted by Gasteiger charge is 2.31. The molecule has 7 nitrogen and oxygen atoms in total. The van der Waals surface area contributed by atoms with E-state index in [-0.39, 0.29) is 28.3 Å². The third-order valence-corrected chi connectivity index (χ3v) is 4.49. The lowest BCUT2D eigenvalue weighted by Crippen LogP contribution is -2.38. The summed E-state index contributed by atoms with van der Waals surface area (Å²) >= 11 is 5.78. The number of sulfonamides is 1. The first-order valence-corrected chi connectivity index (χ1v) is 7.91. The Labute approximate surface area is 128 Å². The number of halogens is 1. The first-order chi connectivity index (χ1) is 9.68. The quantitative estimate of drug-likeness (QED) is 0.810. The van der Waals surface area contributed by atoms with E-state index in [2.05, 4.69) is 4.98 Å². The summed E-state index contributed by atoms with van der Waals surface area (Å²) < 4.78 is 31.0. The number of methoxy groups -OCH3 is 1. The average molecular weight is 337 g/mol. The summed E-state index contributed by atoms with van der Waals surface area (Å²) in [7, 11) is -2.80. The van der Waals surface area contributed by atoms with Crippen LogP contribution >= 0.6 is 11.6 Å². The Hall–Kier alpha value is -1.38. The minimum Gasteiger partial charge on any atom is -0.480 e. The summed E-state index contributed by atoms with van der Waals surface area (Å²) in [4.78, 5) is 14.5. The second-order valence-electron chi connectivity index (χ2n) is 4.75. The van der Waals surface area contributed by atoms with E-state index in [1.165, 1.54) is 19.4 Å². The van der Waals surface area contributed by atoms with Crippen LogP contribution in [0, 0.1) is 5.92 Å². The highest BCUT2D eigenvalue weighted by molar-refractivity contribution is 7.89. The molecule has 0 aliphatic heterocycles. The van der Waals surface area contributed by atoms with Crippen molar-refractivity contribution in [3.8, 4) is 5.88 Å².